The van der Waals surface area contributed by atoms with Crippen molar-refractivity contribution in [2.45, 2.75) is 13.5 Å². The minimum absolute atomic E-state index is 0.0405. The molecular formula is C28H25Cl2N3O2. The molecule has 5 nitrogen and oxygen atoms in total. The topological polar surface area (TPSA) is 56.6 Å². The molecule has 1 aliphatic heterocycles. The molecule has 1 aliphatic rings. The van der Waals surface area contributed by atoms with Gasteiger partial charge in [0.1, 0.15) is 18.2 Å². The van der Waals surface area contributed by atoms with Crippen molar-refractivity contribution >= 4 is 40.9 Å². The molecule has 0 aromatic heterocycles. The summed E-state index contributed by atoms with van der Waals surface area (Å²) >= 11 is 12.9. The molecule has 0 unspecified atom stereocenters. The Labute approximate surface area is 215 Å². The molecule has 0 saturated carbocycles. The molecule has 3 aromatic carbocycles. The molecule has 0 aliphatic carbocycles. The third kappa shape index (κ3) is 6.16. The zero-order valence-electron chi connectivity index (χ0n) is 19.4. The molecule has 7 heteroatoms. The molecule has 0 bridgehead atoms. The lowest BCUT2D eigenvalue weighted by Crippen LogP contribution is -2.49. The summed E-state index contributed by atoms with van der Waals surface area (Å²) < 4.78 is 5.85. The monoisotopic (exact) mass is 505 g/mol. The Bertz CT molecular complexity index is 1250. The fraction of sp³-hybridized carbons (Fsp3) is 0.214. The standard InChI is InChI=1S/C28H25Cl2N3O2/c1-20-6-5-7-21(14-20)19-35-27-25(29)16-22(17-26(27)30)15-23(18-31)28(34)33-12-10-32(11-13-33)24-8-3-2-4-9-24/h2-9,14-17H,10-13,19H2,1H3. The molecule has 1 heterocycles. The van der Waals surface area contributed by atoms with Crippen LogP contribution in [-0.4, -0.2) is 37.0 Å². The van der Waals surface area contributed by atoms with Crippen LogP contribution in [-0.2, 0) is 11.4 Å². The molecule has 3 aromatic rings. The normalized spacial score (nSPS) is 13.9. The zero-order valence-corrected chi connectivity index (χ0v) is 20.9. The maximum Gasteiger partial charge on any atom is 0.264 e. The fourth-order valence-corrected chi connectivity index (χ4v) is 4.66. The number of hydrogen-bond donors (Lipinski definition) is 0. The third-order valence-corrected chi connectivity index (χ3v) is 6.40. The number of piperazine rings is 1. The number of anilines is 1. The van der Waals surface area contributed by atoms with Crippen molar-refractivity contribution in [3.8, 4) is 11.8 Å². The van der Waals surface area contributed by atoms with E-state index < -0.39 is 0 Å². The predicted octanol–water partition coefficient (Wildman–Crippen LogP) is 6.14. The number of rotatable bonds is 6. The molecule has 35 heavy (non-hydrogen) atoms. The molecule has 1 saturated heterocycles. The van der Waals surface area contributed by atoms with Gasteiger partial charge in [-0.25, -0.2) is 0 Å². The van der Waals surface area contributed by atoms with E-state index in [0.29, 0.717) is 54.1 Å². The van der Waals surface area contributed by atoms with Gasteiger partial charge in [-0.3, -0.25) is 4.79 Å². The van der Waals surface area contributed by atoms with E-state index in [1.54, 1.807) is 17.0 Å². The predicted molar refractivity (Wildman–Crippen MR) is 141 cm³/mol. The van der Waals surface area contributed by atoms with Crippen molar-refractivity contribution in [3.63, 3.8) is 0 Å². The summed E-state index contributed by atoms with van der Waals surface area (Å²) in [6.07, 6.45) is 1.52. The van der Waals surface area contributed by atoms with Crippen LogP contribution in [0.1, 0.15) is 16.7 Å². The van der Waals surface area contributed by atoms with E-state index >= 15 is 0 Å². The molecule has 0 radical (unpaired) electrons. The van der Waals surface area contributed by atoms with Crippen molar-refractivity contribution in [2.75, 3.05) is 31.1 Å². The van der Waals surface area contributed by atoms with Gasteiger partial charge >= 0.3 is 0 Å². The Kier molecular flexibility index (Phi) is 7.97. The number of para-hydroxylation sites is 1. The second-order valence-electron chi connectivity index (χ2n) is 8.38. The van der Waals surface area contributed by atoms with Crippen LogP contribution in [0.2, 0.25) is 10.0 Å². The Morgan fingerprint density at radius 3 is 2.31 bits per heavy atom. The Morgan fingerprint density at radius 2 is 1.69 bits per heavy atom. The number of nitriles is 1. The van der Waals surface area contributed by atoms with Crippen LogP contribution in [0, 0.1) is 18.3 Å². The number of carbonyl (C=O) groups is 1. The summed E-state index contributed by atoms with van der Waals surface area (Å²) in [5, 5.41) is 10.3. The van der Waals surface area contributed by atoms with Crippen molar-refractivity contribution in [1.82, 2.24) is 4.90 Å². The molecule has 1 fully saturated rings. The van der Waals surface area contributed by atoms with Crippen LogP contribution in [0.15, 0.2) is 72.3 Å². The SMILES string of the molecule is Cc1cccc(COc2c(Cl)cc(C=C(C#N)C(=O)N3CCN(c4ccccc4)CC3)cc2Cl)c1. The lowest BCUT2D eigenvalue weighted by Gasteiger charge is -2.36. The number of carbonyl (C=O) groups excluding carboxylic acids is 1. The smallest absolute Gasteiger partial charge is 0.264 e. The molecule has 0 atom stereocenters. The van der Waals surface area contributed by atoms with Gasteiger partial charge in [0.2, 0.25) is 0 Å². The summed E-state index contributed by atoms with van der Waals surface area (Å²) in [7, 11) is 0. The van der Waals surface area contributed by atoms with Crippen molar-refractivity contribution in [1.29, 1.82) is 5.26 Å². The highest BCUT2D eigenvalue weighted by atomic mass is 35.5. The van der Waals surface area contributed by atoms with Gasteiger partial charge in [-0.2, -0.15) is 5.26 Å². The Morgan fingerprint density at radius 1 is 1.00 bits per heavy atom. The molecule has 0 N–H and O–H groups in total. The average Bonchev–Trinajstić information content (AvgIpc) is 2.87. The first-order chi connectivity index (χ1) is 16.9. The number of aryl methyl sites for hydroxylation is 1. The van der Waals surface area contributed by atoms with Crippen LogP contribution >= 0.6 is 23.2 Å². The maximum absolute atomic E-state index is 13.0. The highest BCUT2D eigenvalue weighted by Crippen LogP contribution is 2.35. The summed E-state index contributed by atoms with van der Waals surface area (Å²) in [5.74, 6) is 0.0705. The number of halogens is 2. The zero-order chi connectivity index (χ0) is 24.8. The molecule has 178 valence electrons. The summed E-state index contributed by atoms with van der Waals surface area (Å²) in [6.45, 7) is 4.84. The number of nitrogens with zero attached hydrogens (tertiary/aromatic N) is 3. The number of hydrogen-bond acceptors (Lipinski definition) is 4. The minimum Gasteiger partial charge on any atom is -0.486 e. The number of amides is 1. The minimum atomic E-state index is -0.299. The van der Waals surface area contributed by atoms with Gasteiger partial charge in [-0.1, -0.05) is 71.2 Å². The second kappa shape index (κ2) is 11.3. The van der Waals surface area contributed by atoms with Crippen molar-refractivity contribution in [2.24, 2.45) is 0 Å². The lowest BCUT2D eigenvalue weighted by atomic mass is 10.1. The van der Waals surface area contributed by atoms with Crippen molar-refractivity contribution in [3.05, 3.63) is 99.0 Å². The largest absolute Gasteiger partial charge is 0.486 e. The quantitative estimate of drug-likeness (QED) is 0.298. The highest BCUT2D eigenvalue weighted by molar-refractivity contribution is 6.37. The molecular weight excluding hydrogens is 481 g/mol. The van der Waals surface area contributed by atoms with Gasteiger partial charge < -0.3 is 14.5 Å². The van der Waals surface area contributed by atoms with E-state index in [9.17, 15) is 10.1 Å². The van der Waals surface area contributed by atoms with E-state index in [4.69, 9.17) is 27.9 Å². The lowest BCUT2D eigenvalue weighted by molar-refractivity contribution is -0.126. The van der Waals surface area contributed by atoms with Crippen LogP contribution in [0.4, 0.5) is 5.69 Å². The summed E-state index contributed by atoms with van der Waals surface area (Å²) in [5.41, 5.74) is 3.88. The first-order valence-corrected chi connectivity index (χ1v) is 12.1. The number of ether oxygens (including phenoxy) is 1. The first-order valence-electron chi connectivity index (χ1n) is 11.3. The maximum atomic E-state index is 13.0. The van der Waals surface area contributed by atoms with Gasteiger partial charge in [0.05, 0.1) is 10.0 Å². The van der Waals surface area contributed by atoms with Gasteiger partial charge in [-0.15, -0.1) is 0 Å². The van der Waals surface area contributed by atoms with Crippen LogP contribution in [0.3, 0.4) is 0 Å². The van der Waals surface area contributed by atoms with Crippen LogP contribution in [0.25, 0.3) is 6.08 Å². The van der Waals surface area contributed by atoms with Crippen molar-refractivity contribution < 1.29 is 9.53 Å². The number of benzene rings is 3. The first kappa shape index (κ1) is 24.7. The summed E-state index contributed by atoms with van der Waals surface area (Å²) in [6, 6.07) is 23.4. The van der Waals surface area contributed by atoms with Crippen LogP contribution in [0.5, 0.6) is 5.75 Å². The average molecular weight is 506 g/mol. The van der Waals surface area contributed by atoms with Gasteiger partial charge in [0.15, 0.2) is 5.75 Å². The van der Waals surface area contributed by atoms with Gasteiger partial charge in [0.25, 0.3) is 5.91 Å². The van der Waals surface area contributed by atoms with Crippen LogP contribution < -0.4 is 9.64 Å². The molecule has 0 spiro atoms. The second-order valence-corrected chi connectivity index (χ2v) is 9.19. The summed E-state index contributed by atoms with van der Waals surface area (Å²) in [4.78, 5) is 17.0. The van der Waals surface area contributed by atoms with E-state index in [2.05, 4.69) is 17.0 Å². The third-order valence-electron chi connectivity index (χ3n) is 5.84. The fourth-order valence-electron chi connectivity index (χ4n) is 4.04. The van der Waals surface area contributed by atoms with Gasteiger partial charge in [0, 0.05) is 31.9 Å². The Hall–Kier alpha value is -3.46. The van der Waals surface area contributed by atoms with E-state index in [0.717, 1.165) is 16.8 Å². The molecule has 1 amide bonds. The van der Waals surface area contributed by atoms with Gasteiger partial charge in [-0.05, 0) is 48.4 Å². The Balaban J connectivity index is 1.43. The molecule has 4 rings (SSSR count). The van der Waals surface area contributed by atoms with E-state index in [1.807, 2.05) is 55.5 Å². The van der Waals surface area contributed by atoms with E-state index in [1.165, 1.54) is 6.08 Å². The highest BCUT2D eigenvalue weighted by Gasteiger charge is 2.24. The van der Waals surface area contributed by atoms with E-state index in [-0.39, 0.29) is 11.5 Å².